The molecule has 0 bridgehead atoms. The van der Waals surface area contributed by atoms with Gasteiger partial charge in [-0.25, -0.2) is 4.79 Å². The molecule has 1 aromatic carbocycles. The van der Waals surface area contributed by atoms with E-state index in [-0.39, 0.29) is 6.09 Å². The van der Waals surface area contributed by atoms with Gasteiger partial charge < -0.3 is 9.64 Å². The molecule has 1 spiro atoms. The normalized spacial score (nSPS) is 25.2. The molecule has 138 valence electrons. The van der Waals surface area contributed by atoms with Crippen molar-refractivity contribution in [3.63, 3.8) is 0 Å². The molecule has 2 saturated heterocycles. The Balaban J connectivity index is 1.55. The summed E-state index contributed by atoms with van der Waals surface area (Å²) in [4.78, 5) is 16.9. The Morgan fingerprint density at radius 3 is 2.52 bits per heavy atom. The highest BCUT2D eigenvalue weighted by molar-refractivity contribution is 5.68. The van der Waals surface area contributed by atoms with Gasteiger partial charge in [-0.05, 0) is 70.5 Å². The fourth-order valence-electron chi connectivity index (χ4n) is 4.14. The predicted octanol–water partition coefficient (Wildman–Crippen LogP) is 4.30. The van der Waals surface area contributed by atoms with Crippen LogP contribution >= 0.6 is 0 Å². The van der Waals surface area contributed by atoms with Gasteiger partial charge >= 0.3 is 6.09 Å². The van der Waals surface area contributed by atoms with E-state index >= 15 is 0 Å². The van der Waals surface area contributed by atoms with E-state index in [1.54, 1.807) is 0 Å². The Kier molecular flexibility index (Phi) is 5.38. The van der Waals surface area contributed by atoms with E-state index in [1.165, 1.54) is 24.8 Å². The largest absolute Gasteiger partial charge is 0.444 e. The van der Waals surface area contributed by atoms with E-state index in [0.717, 1.165) is 39.1 Å². The van der Waals surface area contributed by atoms with Gasteiger partial charge in [-0.3, -0.25) is 4.90 Å². The third-order valence-corrected chi connectivity index (χ3v) is 5.48. The molecule has 0 aliphatic carbocycles. The molecule has 1 aromatic rings. The van der Waals surface area contributed by atoms with E-state index in [4.69, 9.17) is 4.74 Å². The highest BCUT2D eigenvalue weighted by Crippen LogP contribution is 2.40. The van der Waals surface area contributed by atoms with Crippen LogP contribution in [0.25, 0.3) is 0 Å². The van der Waals surface area contributed by atoms with Crippen LogP contribution in [0.3, 0.4) is 0 Å². The smallest absolute Gasteiger partial charge is 0.410 e. The molecule has 2 fully saturated rings. The zero-order valence-electron chi connectivity index (χ0n) is 16.0. The summed E-state index contributed by atoms with van der Waals surface area (Å²) in [7, 11) is 0. The van der Waals surface area contributed by atoms with Crippen molar-refractivity contribution >= 4 is 6.09 Å². The van der Waals surface area contributed by atoms with Gasteiger partial charge in [0.15, 0.2) is 0 Å². The first-order valence-corrected chi connectivity index (χ1v) is 9.60. The number of carbonyl (C=O) groups is 1. The van der Waals surface area contributed by atoms with E-state index in [0.29, 0.717) is 5.41 Å². The highest BCUT2D eigenvalue weighted by atomic mass is 16.6. The first kappa shape index (κ1) is 18.2. The molecule has 0 N–H and O–H groups in total. The minimum atomic E-state index is -0.414. The molecule has 4 nitrogen and oxygen atoms in total. The number of hydrogen-bond donors (Lipinski definition) is 0. The zero-order chi connectivity index (χ0) is 17.9. The van der Waals surface area contributed by atoms with Crippen LogP contribution in [0.1, 0.15) is 52.0 Å². The topological polar surface area (TPSA) is 32.8 Å². The Morgan fingerprint density at radius 2 is 1.80 bits per heavy atom. The third kappa shape index (κ3) is 4.97. The minimum Gasteiger partial charge on any atom is -0.444 e. The molecule has 2 aliphatic rings. The molecular formula is C21H32N2O2. The van der Waals surface area contributed by atoms with Gasteiger partial charge in [0.2, 0.25) is 0 Å². The molecule has 0 saturated carbocycles. The summed E-state index contributed by atoms with van der Waals surface area (Å²) in [5.74, 6) is 0. The van der Waals surface area contributed by atoms with Crippen LogP contribution in [0.2, 0.25) is 0 Å². The Labute approximate surface area is 152 Å². The van der Waals surface area contributed by atoms with E-state index < -0.39 is 5.60 Å². The average molecular weight is 344 g/mol. The van der Waals surface area contributed by atoms with Crippen LogP contribution in [-0.2, 0) is 11.3 Å². The summed E-state index contributed by atoms with van der Waals surface area (Å²) in [5.41, 5.74) is 1.27. The standard InChI is InChI=1S/C21H32N2O2/c1-20(2,3)25-19(24)23-15-12-21(17-23)10-7-13-22(14-11-21)16-18-8-5-4-6-9-18/h4-6,8-9H,7,10-17H2,1-3H3. The van der Waals surface area contributed by atoms with Crippen LogP contribution in [0.5, 0.6) is 0 Å². The maximum Gasteiger partial charge on any atom is 0.410 e. The van der Waals surface area contributed by atoms with E-state index in [1.807, 2.05) is 25.7 Å². The summed E-state index contributed by atoms with van der Waals surface area (Å²) in [6.45, 7) is 10.8. The maximum atomic E-state index is 12.4. The molecule has 3 rings (SSSR count). The van der Waals surface area contributed by atoms with Crippen LogP contribution < -0.4 is 0 Å². The van der Waals surface area contributed by atoms with Crippen molar-refractivity contribution < 1.29 is 9.53 Å². The van der Waals surface area contributed by atoms with Crippen molar-refractivity contribution in [2.24, 2.45) is 5.41 Å². The predicted molar refractivity (Wildman–Crippen MR) is 100 cm³/mol. The first-order valence-electron chi connectivity index (χ1n) is 9.60. The van der Waals surface area contributed by atoms with Crippen molar-refractivity contribution in [2.75, 3.05) is 26.2 Å². The van der Waals surface area contributed by atoms with Gasteiger partial charge in [0.05, 0.1) is 0 Å². The van der Waals surface area contributed by atoms with E-state index in [9.17, 15) is 4.79 Å². The van der Waals surface area contributed by atoms with Crippen molar-refractivity contribution in [3.8, 4) is 0 Å². The summed E-state index contributed by atoms with van der Waals surface area (Å²) in [6, 6.07) is 10.7. The molecule has 4 heteroatoms. The van der Waals surface area contributed by atoms with Crippen molar-refractivity contribution in [1.82, 2.24) is 9.80 Å². The summed E-state index contributed by atoms with van der Waals surface area (Å²) in [5, 5.41) is 0. The SMILES string of the molecule is CC(C)(C)OC(=O)N1CCC2(CCCN(Cc3ccccc3)CC2)C1. The fourth-order valence-corrected chi connectivity index (χ4v) is 4.14. The summed E-state index contributed by atoms with van der Waals surface area (Å²) < 4.78 is 5.56. The highest BCUT2D eigenvalue weighted by Gasteiger charge is 2.41. The summed E-state index contributed by atoms with van der Waals surface area (Å²) in [6.07, 6.45) is 4.59. The van der Waals surface area contributed by atoms with Gasteiger partial charge in [-0.1, -0.05) is 30.3 Å². The van der Waals surface area contributed by atoms with Gasteiger partial charge in [-0.2, -0.15) is 0 Å². The molecule has 2 heterocycles. The number of ether oxygens (including phenoxy) is 1. The van der Waals surface area contributed by atoms with Crippen molar-refractivity contribution in [1.29, 1.82) is 0 Å². The second kappa shape index (κ2) is 7.36. The lowest BCUT2D eigenvalue weighted by molar-refractivity contribution is 0.0269. The third-order valence-electron chi connectivity index (χ3n) is 5.48. The summed E-state index contributed by atoms with van der Waals surface area (Å²) >= 11 is 0. The Morgan fingerprint density at radius 1 is 1.08 bits per heavy atom. The number of rotatable bonds is 2. The molecule has 0 radical (unpaired) electrons. The monoisotopic (exact) mass is 344 g/mol. The number of hydrogen-bond acceptors (Lipinski definition) is 3. The molecule has 1 amide bonds. The Bertz CT molecular complexity index is 581. The molecule has 1 unspecified atom stereocenters. The molecule has 25 heavy (non-hydrogen) atoms. The Hall–Kier alpha value is -1.55. The van der Waals surface area contributed by atoms with Crippen LogP contribution in [-0.4, -0.2) is 47.7 Å². The number of nitrogens with zero attached hydrogens (tertiary/aromatic N) is 2. The molecular weight excluding hydrogens is 312 g/mol. The van der Waals surface area contributed by atoms with Gasteiger partial charge in [-0.15, -0.1) is 0 Å². The first-order chi connectivity index (χ1) is 11.9. The lowest BCUT2D eigenvalue weighted by atomic mass is 9.80. The number of amides is 1. The quantitative estimate of drug-likeness (QED) is 0.802. The van der Waals surface area contributed by atoms with Crippen molar-refractivity contribution in [3.05, 3.63) is 35.9 Å². The number of benzene rings is 1. The van der Waals surface area contributed by atoms with Crippen LogP contribution in [0, 0.1) is 5.41 Å². The number of likely N-dealkylation sites (tertiary alicyclic amines) is 2. The lowest BCUT2D eigenvalue weighted by Gasteiger charge is -2.29. The molecule has 0 aromatic heterocycles. The number of carbonyl (C=O) groups excluding carboxylic acids is 1. The van der Waals surface area contributed by atoms with Crippen LogP contribution in [0.15, 0.2) is 30.3 Å². The van der Waals surface area contributed by atoms with E-state index in [2.05, 4.69) is 35.2 Å². The average Bonchev–Trinajstić information content (AvgIpc) is 2.86. The second-order valence-electron chi connectivity index (χ2n) is 8.77. The molecule has 2 aliphatic heterocycles. The lowest BCUT2D eigenvalue weighted by Crippen LogP contribution is -2.37. The maximum absolute atomic E-state index is 12.4. The second-order valence-corrected chi connectivity index (χ2v) is 8.77. The van der Waals surface area contributed by atoms with Crippen LogP contribution in [0.4, 0.5) is 4.79 Å². The minimum absolute atomic E-state index is 0.144. The zero-order valence-corrected chi connectivity index (χ0v) is 16.0. The van der Waals surface area contributed by atoms with Crippen molar-refractivity contribution in [2.45, 2.75) is 58.6 Å². The molecule has 1 atom stereocenters. The fraction of sp³-hybridized carbons (Fsp3) is 0.667. The van der Waals surface area contributed by atoms with Gasteiger partial charge in [0.1, 0.15) is 5.60 Å². The van der Waals surface area contributed by atoms with Gasteiger partial charge in [0, 0.05) is 19.6 Å². The van der Waals surface area contributed by atoms with Gasteiger partial charge in [0.25, 0.3) is 0 Å².